The molecule has 2 nitrogen and oxygen atoms in total. The molecule has 4 fully saturated rings. The van der Waals surface area contributed by atoms with Crippen LogP contribution in [-0.4, -0.2) is 12.1 Å². The van der Waals surface area contributed by atoms with Gasteiger partial charge in [0.25, 0.3) is 0 Å². The number of hydrogen-bond donors (Lipinski definition) is 2. The van der Waals surface area contributed by atoms with Gasteiger partial charge in [0.05, 0.1) is 0 Å². The molecule has 0 aromatic heterocycles. The third kappa shape index (κ3) is 6.96. The number of rotatable bonds is 6. The van der Waals surface area contributed by atoms with E-state index in [2.05, 4.69) is 0 Å². The van der Waals surface area contributed by atoms with Crippen molar-refractivity contribution in [2.45, 2.75) is 134 Å². The minimum atomic E-state index is 0.512. The van der Waals surface area contributed by atoms with Gasteiger partial charge in [-0.05, 0) is 106 Å². The van der Waals surface area contributed by atoms with E-state index in [1.54, 1.807) is 32.1 Å². The summed E-state index contributed by atoms with van der Waals surface area (Å²) in [6.07, 6.45) is 27.7. The van der Waals surface area contributed by atoms with Crippen molar-refractivity contribution in [3.8, 4) is 0 Å². The lowest BCUT2D eigenvalue weighted by molar-refractivity contribution is 0.158. The highest BCUT2D eigenvalue weighted by Crippen LogP contribution is 2.42. The van der Waals surface area contributed by atoms with Gasteiger partial charge < -0.3 is 11.5 Å². The second-order valence-corrected chi connectivity index (χ2v) is 12.0. The van der Waals surface area contributed by atoms with Crippen molar-refractivity contribution in [3.05, 3.63) is 0 Å². The number of hydrogen-bond acceptors (Lipinski definition) is 2. The van der Waals surface area contributed by atoms with Gasteiger partial charge in [0, 0.05) is 12.1 Å². The van der Waals surface area contributed by atoms with Crippen LogP contribution in [0.2, 0.25) is 0 Å². The first-order valence-electron chi connectivity index (χ1n) is 13.6. The second-order valence-electron chi connectivity index (χ2n) is 12.0. The monoisotopic (exact) mass is 402 g/mol. The van der Waals surface area contributed by atoms with Crippen LogP contribution in [0.5, 0.6) is 0 Å². The summed E-state index contributed by atoms with van der Waals surface area (Å²) in [5, 5.41) is 0. The predicted molar refractivity (Wildman–Crippen MR) is 125 cm³/mol. The van der Waals surface area contributed by atoms with E-state index in [1.807, 2.05) is 0 Å². The molecule has 0 aromatic rings. The van der Waals surface area contributed by atoms with E-state index in [1.165, 1.54) is 89.9 Å². The van der Waals surface area contributed by atoms with E-state index in [4.69, 9.17) is 11.5 Å². The van der Waals surface area contributed by atoms with Gasteiger partial charge in [-0.1, -0.05) is 51.4 Å². The van der Waals surface area contributed by atoms with Crippen molar-refractivity contribution in [1.82, 2.24) is 0 Å². The molecular formula is C27H50N2. The highest BCUT2D eigenvalue weighted by molar-refractivity contribution is 4.83. The first-order valence-corrected chi connectivity index (χ1v) is 13.6. The lowest BCUT2D eigenvalue weighted by Crippen LogP contribution is -2.28. The lowest BCUT2D eigenvalue weighted by atomic mass is 9.69. The van der Waals surface area contributed by atoms with Crippen molar-refractivity contribution in [1.29, 1.82) is 0 Å². The van der Waals surface area contributed by atoms with Gasteiger partial charge in [-0.2, -0.15) is 0 Å². The molecule has 0 aliphatic heterocycles. The largest absolute Gasteiger partial charge is 0.328 e. The summed E-state index contributed by atoms with van der Waals surface area (Å²) in [5.41, 5.74) is 12.2. The molecule has 4 aliphatic carbocycles. The van der Waals surface area contributed by atoms with Crippen molar-refractivity contribution >= 4 is 0 Å². The normalized spacial score (nSPS) is 44.5. The first-order chi connectivity index (χ1) is 14.1. The minimum Gasteiger partial charge on any atom is -0.328 e. The summed E-state index contributed by atoms with van der Waals surface area (Å²) >= 11 is 0. The van der Waals surface area contributed by atoms with E-state index in [-0.39, 0.29) is 0 Å². The molecule has 2 heteroatoms. The van der Waals surface area contributed by atoms with E-state index < -0.39 is 0 Å². The average Bonchev–Trinajstić information content (AvgIpc) is 2.74. The van der Waals surface area contributed by atoms with Crippen molar-refractivity contribution < 1.29 is 0 Å². The molecular weight excluding hydrogens is 352 g/mol. The summed E-state index contributed by atoms with van der Waals surface area (Å²) in [5.74, 6) is 6.23. The lowest BCUT2D eigenvalue weighted by Gasteiger charge is -2.37. The zero-order valence-electron chi connectivity index (χ0n) is 19.2. The fourth-order valence-electron chi connectivity index (χ4n) is 7.67. The summed E-state index contributed by atoms with van der Waals surface area (Å²) in [7, 11) is 0. The predicted octanol–water partition coefficient (Wildman–Crippen LogP) is 6.80. The quantitative estimate of drug-likeness (QED) is 0.513. The van der Waals surface area contributed by atoms with Crippen molar-refractivity contribution in [2.24, 2.45) is 47.0 Å². The third-order valence-electron chi connectivity index (χ3n) is 9.72. The molecule has 0 bridgehead atoms. The Hall–Kier alpha value is -0.0800. The van der Waals surface area contributed by atoms with Crippen LogP contribution < -0.4 is 11.5 Å². The van der Waals surface area contributed by atoms with Crippen LogP contribution in [0.25, 0.3) is 0 Å². The van der Waals surface area contributed by atoms with Crippen LogP contribution in [0.15, 0.2) is 0 Å². The van der Waals surface area contributed by atoms with Crippen molar-refractivity contribution in [3.63, 3.8) is 0 Å². The maximum atomic E-state index is 6.09. The highest BCUT2D eigenvalue weighted by Gasteiger charge is 2.30. The molecule has 4 N–H and O–H groups in total. The Morgan fingerprint density at radius 1 is 0.310 bits per heavy atom. The molecule has 0 spiro atoms. The Bertz CT molecular complexity index is 403. The fourth-order valence-corrected chi connectivity index (χ4v) is 7.67. The topological polar surface area (TPSA) is 52.0 Å². The van der Waals surface area contributed by atoms with E-state index in [0.29, 0.717) is 12.1 Å². The standard InChI is InChI=1S/C27H50N2/c28-26-13-9-24(10-14-26)18-22-5-1-20(2-6-22)17-21-3-7-23(8-4-21)19-25-11-15-27(29)16-12-25/h20-27H,1-19,28-29H2. The van der Waals surface area contributed by atoms with Gasteiger partial charge in [-0.25, -0.2) is 0 Å². The van der Waals surface area contributed by atoms with Crippen LogP contribution in [0, 0.1) is 35.5 Å². The molecule has 0 heterocycles. The SMILES string of the molecule is NC1CCC(CC2CCC(CC3CCC(CC4CCC(N)CC4)CC3)CC2)CC1. The molecule has 0 amide bonds. The van der Waals surface area contributed by atoms with Gasteiger partial charge in [0.1, 0.15) is 0 Å². The fraction of sp³-hybridized carbons (Fsp3) is 1.00. The summed E-state index contributed by atoms with van der Waals surface area (Å²) < 4.78 is 0. The third-order valence-corrected chi connectivity index (χ3v) is 9.72. The molecule has 4 aliphatic rings. The first kappa shape index (κ1) is 22.1. The molecule has 0 radical (unpaired) electrons. The van der Waals surface area contributed by atoms with Crippen LogP contribution >= 0.6 is 0 Å². The molecule has 168 valence electrons. The molecule has 0 unspecified atom stereocenters. The molecule has 0 aromatic carbocycles. The van der Waals surface area contributed by atoms with Gasteiger partial charge in [0.15, 0.2) is 0 Å². The summed E-state index contributed by atoms with van der Waals surface area (Å²) in [6, 6.07) is 1.02. The summed E-state index contributed by atoms with van der Waals surface area (Å²) in [6.45, 7) is 0. The Labute approximate surface area is 181 Å². The Morgan fingerprint density at radius 2 is 0.483 bits per heavy atom. The Morgan fingerprint density at radius 3 is 0.690 bits per heavy atom. The van der Waals surface area contributed by atoms with E-state index >= 15 is 0 Å². The highest BCUT2D eigenvalue weighted by atomic mass is 14.6. The molecule has 0 atom stereocenters. The molecule has 4 saturated carbocycles. The summed E-state index contributed by atoms with van der Waals surface area (Å²) in [4.78, 5) is 0. The molecule has 29 heavy (non-hydrogen) atoms. The second kappa shape index (κ2) is 11.0. The van der Waals surface area contributed by atoms with Crippen LogP contribution in [0.1, 0.15) is 122 Å². The Kier molecular flexibility index (Phi) is 8.38. The van der Waals surface area contributed by atoms with Crippen LogP contribution in [0.4, 0.5) is 0 Å². The molecule has 0 saturated heterocycles. The molecule has 4 rings (SSSR count). The van der Waals surface area contributed by atoms with Gasteiger partial charge in [-0.3, -0.25) is 0 Å². The van der Waals surface area contributed by atoms with Crippen LogP contribution in [-0.2, 0) is 0 Å². The maximum Gasteiger partial charge on any atom is 0.00390 e. The zero-order valence-corrected chi connectivity index (χ0v) is 19.2. The van der Waals surface area contributed by atoms with Crippen molar-refractivity contribution in [2.75, 3.05) is 0 Å². The maximum absolute atomic E-state index is 6.09. The minimum absolute atomic E-state index is 0.512. The number of nitrogens with two attached hydrogens (primary N) is 2. The van der Waals surface area contributed by atoms with E-state index in [9.17, 15) is 0 Å². The average molecular weight is 403 g/mol. The zero-order chi connectivity index (χ0) is 20.1. The van der Waals surface area contributed by atoms with Gasteiger partial charge in [0.2, 0.25) is 0 Å². The smallest absolute Gasteiger partial charge is 0.00390 e. The Balaban J connectivity index is 1.08. The van der Waals surface area contributed by atoms with Crippen LogP contribution in [0.3, 0.4) is 0 Å². The van der Waals surface area contributed by atoms with Gasteiger partial charge in [-0.15, -0.1) is 0 Å². The van der Waals surface area contributed by atoms with E-state index in [0.717, 1.165) is 35.5 Å². The van der Waals surface area contributed by atoms with Gasteiger partial charge >= 0.3 is 0 Å².